The van der Waals surface area contributed by atoms with Crippen LogP contribution in [0.1, 0.15) is 31.2 Å². The van der Waals surface area contributed by atoms with Crippen molar-refractivity contribution in [2.75, 3.05) is 31.1 Å². The second-order valence-electron chi connectivity index (χ2n) is 6.56. The Balaban J connectivity index is 1.44. The molecule has 1 aromatic rings. The van der Waals surface area contributed by atoms with Gasteiger partial charge in [0.15, 0.2) is 0 Å². The molecule has 1 aromatic carbocycles. The first-order chi connectivity index (χ1) is 11.7. The van der Waals surface area contributed by atoms with E-state index in [-0.39, 0.29) is 17.6 Å². The number of halogens is 1. The fourth-order valence-corrected chi connectivity index (χ4v) is 3.11. The van der Waals surface area contributed by atoms with Crippen molar-refractivity contribution in [2.45, 2.75) is 31.7 Å². The summed E-state index contributed by atoms with van der Waals surface area (Å²) in [7, 11) is 0. The molecule has 5 nitrogen and oxygen atoms in total. The Hall–Kier alpha value is -2.13. The summed E-state index contributed by atoms with van der Waals surface area (Å²) in [4.78, 5) is 14.1. The molecule has 0 bridgehead atoms. The molecule has 1 saturated carbocycles. The van der Waals surface area contributed by atoms with Gasteiger partial charge >= 0.3 is 0 Å². The molecule has 1 amide bonds. The van der Waals surface area contributed by atoms with Crippen LogP contribution in [0, 0.1) is 23.1 Å². The van der Waals surface area contributed by atoms with Gasteiger partial charge in [-0.05, 0) is 43.9 Å². The molecule has 0 radical (unpaired) electrons. The predicted octanol–water partition coefficient (Wildman–Crippen LogP) is 1.78. The van der Waals surface area contributed by atoms with E-state index in [0.29, 0.717) is 36.9 Å². The van der Waals surface area contributed by atoms with Crippen molar-refractivity contribution in [3.05, 3.63) is 29.6 Å². The minimum Gasteiger partial charge on any atom is -0.369 e. The standard InChI is InChI=1S/C18H23FN4O/c19-16-11-13(12-20)1-4-17(16)23-9-5-14(6-10-23)18(24)22-8-7-21-15-2-3-15/h1,4,11,14-15,21H,2-3,5-10H2,(H,22,24). The summed E-state index contributed by atoms with van der Waals surface area (Å²) in [6.45, 7) is 2.80. The van der Waals surface area contributed by atoms with Gasteiger partial charge in [-0.2, -0.15) is 5.26 Å². The Morgan fingerprint density at radius 3 is 2.62 bits per heavy atom. The summed E-state index contributed by atoms with van der Waals surface area (Å²) < 4.78 is 14.1. The average Bonchev–Trinajstić information content (AvgIpc) is 3.43. The third kappa shape index (κ3) is 4.24. The fraction of sp³-hybridized carbons (Fsp3) is 0.556. The quantitative estimate of drug-likeness (QED) is 0.780. The number of benzene rings is 1. The van der Waals surface area contributed by atoms with E-state index in [1.54, 1.807) is 12.1 Å². The van der Waals surface area contributed by atoms with Crippen molar-refractivity contribution in [1.29, 1.82) is 5.26 Å². The van der Waals surface area contributed by atoms with Crippen LogP contribution >= 0.6 is 0 Å². The number of hydrogen-bond acceptors (Lipinski definition) is 4. The van der Waals surface area contributed by atoms with Gasteiger partial charge in [-0.1, -0.05) is 0 Å². The summed E-state index contributed by atoms with van der Waals surface area (Å²) in [6.07, 6.45) is 3.94. The first-order valence-corrected chi connectivity index (χ1v) is 8.63. The van der Waals surface area contributed by atoms with Gasteiger partial charge in [0.2, 0.25) is 5.91 Å². The van der Waals surface area contributed by atoms with E-state index in [4.69, 9.17) is 5.26 Å². The van der Waals surface area contributed by atoms with Crippen LogP contribution in [0.15, 0.2) is 18.2 Å². The molecule has 1 aliphatic heterocycles. The molecule has 24 heavy (non-hydrogen) atoms. The topological polar surface area (TPSA) is 68.2 Å². The van der Waals surface area contributed by atoms with E-state index >= 15 is 0 Å². The number of nitriles is 1. The number of carbonyl (C=O) groups excluding carboxylic acids is 1. The zero-order chi connectivity index (χ0) is 16.9. The summed E-state index contributed by atoms with van der Waals surface area (Å²) >= 11 is 0. The van der Waals surface area contributed by atoms with Crippen LogP contribution in [0.3, 0.4) is 0 Å². The molecule has 6 heteroatoms. The number of carbonyl (C=O) groups is 1. The van der Waals surface area contributed by atoms with Gasteiger partial charge in [-0.15, -0.1) is 0 Å². The Labute approximate surface area is 141 Å². The second kappa shape index (κ2) is 7.63. The van der Waals surface area contributed by atoms with E-state index in [9.17, 15) is 9.18 Å². The lowest BCUT2D eigenvalue weighted by molar-refractivity contribution is -0.125. The molecule has 2 fully saturated rings. The lowest BCUT2D eigenvalue weighted by atomic mass is 9.95. The molecule has 3 rings (SSSR count). The van der Waals surface area contributed by atoms with Gasteiger partial charge in [0.1, 0.15) is 5.82 Å². The number of amides is 1. The predicted molar refractivity (Wildman–Crippen MR) is 90.1 cm³/mol. The maximum Gasteiger partial charge on any atom is 0.223 e. The number of hydrogen-bond donors (Lipinski definition) is 2. The SMILES string of the molecule is N#Cc1ccc(N2CCC(C(=O)NCCNC3CC3)CC2)c(F)c1. The lowest BCUT2D eigenvalue weighted by Crippen LogP contribution is -2.42. The number of nitrogens with zero attached hydrogens (tertiary/aromatic N) is 2. The van der Waals surface area contributed by atoms with E-state index in [0.717, 1.165) is 19.4 Å². The third-order valence-corrected chi connectivity index (χ3v) is 4.72. The molecule has 0 atom stereocenters. The van der Waals surface area contributed by atoms with Gasteiger partial charge in [0.25, 0.3) is 0 Å². The van der Waals surface area contributed by atoms with Crippen molar-refractivity contribution < 1.29 is 9.18 Å². The van der Waals surface area contributed by atoms with E-state index in [1.807, 2.05) is 11.0 Å². The Morgan fingerprint density at radius 2 is 2.00 bits per heavy atom. The van der Waals surface area contributed by atoms with Gasteiger partial charge < -0.3 is 15.5 Å². The highest BCUT2D eigenvalue weighted by molar-refractivity contribution is 5.79. The molecule has 1 heterocycles. The van der Waals surface area contributed by atoms with Crippen LogP contribution in [0.2, 0.25) is 0 Å². The highest BCUT2D eigenvalue weighted by Crippen LogP contribution is 2.26. The first kappa shape index (κ1) is 16.7. The summed E-state index contributed by atoms with van der Waals surface area (Å²) in [5, 5.41) is 15.2. The molecular formula is C18H23FN4O. The van der Waals surface area contributed by atoms with Crippen LogP contribution < -0.4 is 15.5 Å². The smallest absolute Gasteiger partial charge is 0.223 e. The molecule has 1 aliphatic carbocycles. The number of piperidine rings is 1. The average molecular weight is 330 g/mol. The molecule has 1 saturated heterocycles. The third-order valence-electron chi connectivity index (χ3n) is 4.72. The van der Waals surface area contributed by atoms with Crippen LogP contribution in [0.4, 0.5) is 10.1 Å². The number of rotatable bonds is 6. The normalized spacial score (nSPS) is 18.2. The fourth-order valence-electron chi connectivity index (χ4n) is 3.11. The van der Waals surface area contributed by atoms with Gasteiger partial charge in [-0.3, -0.25) is 4.79 Å². The van der Waals surface area contributed by atoms with Gasteiger partial charge in [0.05, 0.1) is 17.3 Å². The van der Waals surface area contributed by atoms with Crippen molar-refractivity contribution in [3.63, 3.8) is 0 Å². The van der Waals surface area contributed by atoms with Gasteiger partial charge in [-0.25, -0.2) is 4.39 Å². The van der Waals surface area contributed by atoms with Crippen LogP contribution in [0.25, 0.3) is 0 Å². The Kier molecular flexibility index (Phi) is 5.31. The molecule has 0 spiro atoms. The Bertz CT molecular complexity index is 630. The number of anilines is 1. The highest BCUT2D eigenvalue weighted by atomic mass is 19.1. The van der Waals surface area contributed by atoms with Crippen LogP contribution in [-0.4, -0.2) is 38.1 Å². The monoisotopic (exact) mass is 330 g/mol. The zero-order valence-corrected chi connectivity index (χ0v) is 13.7. The lowest BCUT2D eigenvalue weighted by Gasteiger charge is -2.33. The van der Waals surface area contributed by atoms with E-state index in [2.05, 4.69) is 10.6 Å². The molecule has 0 aromatic heterocycles. The van der Waals surface area contributed by atoms with Crippen molar-refractivity contribution in [2.24, 2.45) is 5.92 Å². The van der Waals surface area contributed by atoms with Crippen LogP contribution in [-0.2, 0) is 4.79 Å². The Morgan fingerprint density at radius 1 is 1.25 bits per heavy atom. The zero-order valence-electron chi connectivity index (χ0n) is 13.7. The minimum atomic E-state index is -0.372. The molecular weight excluding hydrogens is 307 g/mol. The second-order valence-corrected chi connectivity index (χ2v) is 6.56. The molecule has 2 aliphatic rings. The maximum atomic E-state index is 14.1. The molecule has 2 N–H and O–H groups in total. The largest absolute Gasteiger partial charge is 0.369 e. The highest BCUT2D eigenvalue weighted by Gasteiger charge is 2.26. The van der Waals surface area contributed by atoms with E-state index in [1.165, 1.54) is 18.9 Å². The molecule has 128 valence electrons. The minimum absolute atomic E-state index is 0.00335. The maximum absolute atomic E-state index is 14.1. The van der Waals surface area contributed by atoms with Gasteiger partial charge in [0, 0.05) is 38.1 Å². The summed E-state index contributed by atoms with van der Waals surface area (Å²) in [5.74, 6) is -0.265. The van der Waals surface area contributed by atoms with Crippen molar-refractivity contribution in [1.82, 2.24) is 10.6 Å². The molecule has 0 unspecified atom stereocenters. The van der Waals surface area contributed by atoms with Crippen LogP contribution in [0.5, 0.6) is 0 Å². The first-order valence-electron chi connectivity index (χ1n) is 8.63. The van der Waals surface area contributed by atoms with Crippen molar-refractivity contribution >= 4 is 11.6 Å². The summed E-state index contributed by atoms with van der Waals surface area (Å²) in [6, 6.07) is 7.14. The summed E-state index contributed by atoms with van der Waals surface area (Å²) in [5.41, 5.74) is 0.840. The number of nitrogens with one attached hydrogen (secondary N) is 2. The van der Waals surface area contributed by atoms with Crippen molar-refractivity contribution in [3.8, 4) is 6.07 Å². The van der Waals surface area contributed by atoms with E-state index < -0.39 is 0 Å².